The second-order valence-electron chi connectivity index (χ2n) is 3.87. The summed E-state index contributed by atoms with van der Waals surface area (Å²) in [7, 11) is 0. The summed E-state index contributed by atoms with van der Waals surface area (Å²) in [6, 6.07) is 0. The van der Waals surface area contributed by atoms with Gasteiger partial charge in [0.05, 0.1) is 19.8 Å². The van der Waals surface area contributed by atoms with Gasteiger partial charge in [0, 0.05) is 18.9 Å². The fourth-order valence-electron chi connectivity index (χ4n) is 2.14. The maximum Gasteiger partial charge on any atom is 0.140 e. The highest BCUT2D eigenvalue weighted by atomic mass is 16.5. The largest absolute Gasteiger partial charge is 0.381 e. The van der Waals surface area contributed by atoms with Gasteiger partial charge in [0.15, 0.2) is 0 Å². The first-order chi connectivity index (χ1) is 6.38. The predicted octanol–water partition coefficient (Wildman–Crippen LogP) is 1.02. The average Bonchev–Trinajstić information content (AvgIpc) is 2.20. The van der Waals surface area contributed by atoms with Gasteiger partial charge in [0.2, 0.25) is 0 Å². The number of rotatable bonds is 1. The summed E-state index contributed by atoms with van der Waals surface area (Å²) in [5.74, 6) is 0.914. The van der Waals surface area contributed by atoms with E-state index in [1.54, 1.807) is 0 Å². The fourth-order valence-corrected chi connectivity index (χ4v) is 2.14. The molecule has 13 heavy (non-hydrogen) atoms. The molecule has 0 N–H and O–H groups in total. The van der Waals surface area contributed by atoms with Crippen LogP contribution in [0, 0.1) is 11.8 Å². The minimum Gasteiger partial charge on any atom is -0.381 e. The molecule has 3 heteroatoms. The number of ether oxygens (including phenoxy) is 2. The third-order valence-electron chi connectivity index (χ3n) is 2.97. The maximum atomic E-state index is 11.6. The van der Waals surface area contributed by atoms with Crippen molar-refractivity contribution in [1.29, 1.82) is 0 Å². The van der Waals surface area contributed by atoms with E-state index in [1.807, 2.05) is 0 Å². The van der Waals surface area contributed by atoms with Crippen LogP contribution in [-0.2, 0) is 14.3 Å². The van der Waals surface area contributed by atoms with Gasteiger partial charge in [-0.05, 0) is 18.8 Å². The molecular weight excluding hydrogens is 168 g/mol. The van der Waals surface area contributed by atoms with Crippen LogP contribution < -0.4 is 0 Å². The molecular formula is C10H16O3. The van der Waals surface area contributed by atoms with Gasteiger partial charge in [0.1, 0.15) is 5.78 Å². The fraction of sp³-hybridized carbons (Fsp3) is 0.900. The average molecular weight is 184 g/mol. The lowest BCUT2D eigenvalue weighted by Gasteiger charge is -2.31. The Labute approximate surface area is 78.4 Å². The monoisotopic (exact) mass is 184 g/mol. The van der Waals surface area contributed by atoms with Gasteiger partial charge in [-0.25, -0.2) is 0 Å². The summed E-state index contributed by atoms with van der Waals surface area (Å²) in [5, 5.41) is 0. The predicted molar refractivity (Wildman–Crippen MR) is 47.5 cm³/mol. The Morgan fingerprint density at radius 2 is 2.00 bits per heavy atom. The number of carbonyl (C=O) groups is 1. The molecule has 0 bridgehead atoms. The van der Waals surface area contributed by atoms with Crippen molar-refractivity contribution in [1.82, 2.24) is 0 Å². The smallest absolute Gasteiger partial charge is 0.140 e. The highest BCUT2D eigenvalue weighted by molar-refractivity contribution is 5.82. The molecule has 2 aliphatic heterocycles. The van der Waals surface area contributed by atoms with E-state index in [1.165, 1.54) is 0 Å². The molecule has 2 saturated heterocycles. The minimum absolute atomic E-state index is 0.119. The Morgan fingerprint density at radius 1 is 1.15 bits per heavy atom. The molecule has 0 saturated carbocycles. The summed E-state index contributed by atoms with van der Waals surface area (Å²) in [5.41, 5.74) is 0. The van der Waals surface area contributed by atoms with Crippen molar-refractivity contribution in [3.63, 3.8) is 0 Å². The van der Waals surface area contributed by atoms with Crippen LogP contribution in [0.1, 0.15) is 19.3 Å². The van der Waals surface area contributed by atoms with Gasteiger partial charge in [0.25, 0.3) is 0 Å². The molecule has 2 unspecified atom stereocenters. The molecule has 0 spiro atoms. The van der Waals surface area contributed by atoms with Gasteiger partial charge >= 0.3 is 0 Å². The van der Waals surface area contributed by atoms with Crippen LogP contribution in [-0.4, -0.2) is 32.2 Å². The van der Waals surface area contributed by atoms with E-state index in [-0.39, 0.29) is 5.92 Å². The van der Waals surface area contributed by atoms with Gasteiger partial charge < -0.3 is 9.47 Å². The summed E-state index contributed by atoms with van der Waals surface area (Å²) in [4.78, 5) is 11.6. The van der Waals surface area contributed by atoms with E-state index >= 15 is 0 Å². The minimum atomic E-state index is 0.119. The Balaban J connectivity index is 1.92. The van der Waals surface area contributed by atoms with Crippen molar-refractivity contribution >= 4 is 5.78 Å². The Hall–Kier alpha value is -0.410. The van der Waals surface area contributed by atoms with Crippen LogP contribution in [0.2, 0.25) is 0 Å². The van der Waals surface area contributed by atoms with E-state index in [4.69, 9.17) is 9.47 Å². The molecule has 0 radical (unpaired) electrons. The second kappa shape index (κ2) is 4.20. The molecule has 2 aliphatic rings. The van der Waals surface area contributed by atoms with E-state index in [2.05, 4.69) is 0 Å². The first-order valence-corrected chi connectivity index (χ1v) is 5.06. The topological polar surface area (TPSA) is 35.5 Å². The molecule has 2 atom stereocenters. The van der Waals surface area contributed by atoms with E-state index in [0.29, 0.717) is 31.3 Å². The third kappa shape index (κ3) is 2.09. The summed E-state index contributed by atoms with van der Waals surface area (Å²) < 4.78 is 10.7. The Morgan fingerprint density at radius 3 is 2.69 bits per heavy atom. The molecule has 2 rings (SSSR count). The first kappa shape index (κ1) is 9.16. The van der Waals surface area contributed by atoms with Gasteiger partial charge in [-0.3, -0.25) is 4.79 Å². The zero-order valence-corrected chi connectivity index (χ0v) is 7.83. The van der Waals surface area contributed by atoms with Crippen LogP contribution in [0.25, 0.3) is 0 Å². The molecule has 3 nitrogen and oxygen atoms in total. The molecule has 2 fully saturated rings. The maximum absolute atomic E-state index is 11.6. The van der Waals surface area contributed by atoms with Crippen molar-refractivity contribution in [3.8, 4) is 0 Å². The molecule has 0 aromatic rings. The molecule has 0 aromatic carbocycles. The molecule has 2 heterocycles. The van der Waals surface area contributed by atoms with Crippen LogP contribution >= 0.6 is 0 Å². The molecule has 74 valence electrons. The zero-order chi connectivity index (χ0) is 9.10. The lowest BCUT2D eigenvalue weighted by molar-refractivity contribution is -0.135. The quantitative estimate of drug-likeness (QED) is 0.610. The van der Waals surface area contributed by atoms with Crippen LogP contribution in [0.3, 0.4) is 0 Å². The van der Waals surface area contributed by atoms with Gasteiger partial charge in [-0.15, -0.1) is 0 Å². The standard InChI is InChI=1S/C10H16O3/c11-10-3-5-13-7-9(10)8-2-1-4-12-6-8/h8-9H,1-7H2. The Kier molecular flexibility index (Phi) is 2.96. The van der Waals surface area contributed by atoms with Crippen molar-refractivity contribution in [2.75, 3.05) is 26.4 Å². The number of ketones is 1. The van der Waals surface area contributed by atoms with Gasteiger partial charge in [-0.1, -0.05) is 0 Å². The summed E-state index contributed by atoms with van der Waals surface area (Å²) in [6.45, 7) is 2.84. The zero-order valence-electron chi connectivity index (χ0n) is 7.83. The normalized spacial score (nSPS) is 36.2. The Bertz CT molecular complexity index is 185. The van der Waals surface area contributed by atoms with Crippen LogP contribution in [0.4, 0.5) is 0 Å². The van der Waals surface area contributed by atoms with Crippen LogP contribution in [0.5, 0.6) is 0 Å². The van der Waals surface area contributed by atoms with E-state index < -0.39 is 0 Å². The van der Waals surface area contributed by atoms with Crippen molar-refractivity contribution in [3.05, 3.63) is 0 Å². The third-order valence-corrected chi connectivity index (χ3v) is 2.97. The highest BCUT2D eigenvalue weighted by Gasteiger charge is 2.31. The summed E-state index contributed by atoms with van der Waals surface area (Å²) in [6.07, 6.45) is 2.81. The van der Waals surface area contributed by atoms with Gasteiger partial charge in [-0.2, -0.15) is 0 Å². The second-order valence-corrected chi connectivity index (χ2v) is 3.87. The molecule has 0 aromatic heterocycles. The van der Waals surface area contributed by atoms with Crippen molar-refractivity contribution in [2.24, 2.45) is 11.8 Å². The van der Waals surface area contributed by atoms with E-state index in [0.717, 1.165) is 26.1 Å². The van der Waals surface area contributed by atoms with Crippen molar-refractivity contribution < 1.29 is 14.3 Å². The SMILES string of the molecule is O=C1CCOCC1C1CCCOC1. The first-order valence-electron chi connectivity index (χ1n) is 5.06. The van der Waals surface area contributed by atoms with E-state index in [9.17, 15) is 4.79 Å². The summed E-state index contributed by atoms with van der Waals surface area (Å²) >= 11 is 0. The number of hydrogen-bond donors (Lipinski definition) is 0. The van der Waals surface area contributed by atoms with Crippen LogP contribution in [0.15, 0.2) is 0 Å². The lowest BCUT2D eigenvalue weighted by atomic mass is 9.83. The number of Topliss-reactive ketones (excluding diaryl/α,β-unsaturated/α-hetero) is 1. The molecule has 0 aliphatic carbocycles. The lowest BCUT2D eigenvalue weighted by Crippen LogP contribution is -2.37. The molecule has 0 amide bonds. The van der Waals surface area contributed by atoms with Crippen molar-refractivity contribution in [2.45, 2.75) is 19.3 Å². The highest BCUT2D eigenvalue weighted by Crippen LogP contribution is 2.26. The number of hydrogen-bond acceptors (Lipinski definition) is 3. The number of carbonyl (C=O) groups excluding carboxylic acids is 1.